The summed E-state index contributed by atoms with van der Waals surface area (Å²) in [5.74, 6) is -0.229. The summed E-state index contributed by atoms with van der Waals surface area (Å²) < 4.78 is 10.1. The molecule has 0 unspecified atom stereocenters. The normalized spacial score (nSPS) is 17.0. The molecule has 9 heteroatoms. The number of esters is 1. The van der Waals surface area contributed by atoms with Crippen LogP contribution >= 0.6 is 11.8 Å². The molecule has 3 rings (SSSR count). The number of hydrogen-bond donors (Lipinski definition) is 1. The zero-order chi connectivity index (χ0) is 22.4. The minimum Gasteiger partial charge on any atom is -0.497 e. The van der Waals surface area contributed by atoms with Crippen LogP contribution in [0, 0.1) is 0 Å². The van der Waals surface area contributed by atoms with Crippen LogP contribution in [0.25, 0.3) is 0 Å². The first-order valence-corrected chi connectivity index (χ1v) is 10.5. The van der Waals surface area contributed by atoms with Crippen molar-refractivity contribution in [3.05, 3.63) is 54.1 Å². The van der Waals surface area contributed by atoms with Gasteiger partial charge in [0.15, 0.2) is 5.17 Å². The summed E-state index contributed by atoms with van der Waals surface area (Å²) in [6, 6.07) is 13.6. The molecule has 1 atom stereocenters. The van der Waals surface area contributed by atoms with Gasteiger partial charge in [-0.2, -0.15) is 0 Å². The molecule has 0 aliphatic carbocycles. The molecular formula is C22H23N3O5S. The Bertz CT molecular complexity index is 1010. The first-order valence-electron chi connectivity index (χ1n) is 9.65. The van der Waals surface area contributed by atoms with Crippen LogP contribution in [0.4, 0.5) is 11.4 Å². The molecule has 1 aliphatic rings. The summed E-state index contributed by atoms with van der Waals surface area (Å²) in [4.78, 5) is 42.7. The van der Waals surface area contributed by atoms with E-state index in [0.717, 1.165) is 0 Å². The van der Waals surface area contributed by atoms with Crippen molar-refractivity contribution < 1.29 is 23.9 Å². The van der Waals surface area contributed by atoms with Gasteiger partial charge in [-0.05, 0) is 43.3 Å². The zero-order valence-corrected chi connectivity index (χ0v) is 18.3. The molecule has 0 radical (unpaired) electrons. The summed E-state index contributed by atoms with van der Waals surface area (Å²) in [5.41, 5.74) is 1.60. The number of benzene rings is 2. The Hall–Kier alpha value is -3.33. The minimum atomic E-state index is -0.562. The Morgan fingerprint density at radius 1 is 1.19 bits per heavy atom. The van der Waals surface area contributed by atoms with Crippen molar-refractivity contribution >= 4 is 46.1 Å². The number of anilines is 1. The van der Waals surface area contributed by atoms with Crippen LogP contribution in [-0.2, 0) is 14.3 Å². The molecule has 1 saturated heterocycles. The van der Waals surface area contributed by atoms with Crippen LogP contribution in [0.5, 0.6) is 5.75 Å². The molecule has 0 spiro atoms. The van der Waals surface area contributed by atoms with Gasteiger partial charge >= 0.3 is 5.97 Å². The number of amidine groups is 1. The lowest BCUT2D eigenvalue weighted by molar-refractivity contribution is -0.127. The van der Waals surface area contributed by atoms with Gasteiger partial charge < -0.3 is 14.8 Å². The van der Waals surface area contributed by atoms with Gasteiger partial charge in [0.25, 0.3) is 0 Å². The standard InChI is InChI=1S/C22H23N3O5S/c1-4-30-21(28)14-8-10-15(11-9-14)23-19(26)13-18-20(27)25(2)22(31-18)24-16-6-5-7-17(12-16)29-3/h5-12,18H,4,13H2,1-3H3,(H,23,26)/t18-/m1/s1. The summed E-state index contributed by atoms with van der Waals surface area (Å²) in [5, 5.41) is 2.71. The van der Waals surface area contributed by atoms with E-state index in [1.165, 1.54) is 16.7 Å². The van der Waals surface area contributed by atoms with Gasteiger partial charge in [-0.25, -0.2) is 9.79 Å². The lowest BCUT2D eigenvalue weighted by Crippen LogP contribution is -2.30. The summed E-state index contributed by atoms with van der Waals surface area (Å²) in [6.45, 7) is 2.03. The van der Waals surface area contributed by atoms with Crippen molar-refractivity contribution in [1.82, 2.24) is 4.90 Å². The Labute approximate surface area is 184 Å². The third-order valence-corrected chi connectivity index (χ3v) is 5.70. The number of rotatable bonds is 7. The van der Waals surface area contributed by atoms with Crippen LogP contribution in [-0.4, -0.2) is 53.9 Å². The molecule has 31 heavy (non-hydrogen) atoms. The first-order chi connectivity index (χ1) is 14.9. The number of nitrogens with zero attached hydrogens (tertiary/aromatic N) is 2. The van der Waals surface area contributed by atoms with Crippen molar-refractivity contribution in [2.45, 2.75) is 18.6 Å². The predicted octanol–water partition coefficient (Wildman–Crippen LogP) is 3.46. The maximum atomic E-state index is 12.6. The highest BCUT2D eigenvalue weighted by atomic mass is 32.2. The molecule has 0 aromatic heterocycles. The number of aliphatic imine (C=N–C) groups is 1. The van der Waals surface area contributed by atoms with Crippen molar-refractivity contribution in [3.63, 3.8) is 0 Å². The molecule has 0 saturated carbocycles. The number of hydrogen-bond acceptors (Lipinski definition) is 7. The highest BCUT2D eigenvalue weighted by Crippen LogP contribution is 2.31. The average molecular weight is 442 g/mol. The molecular weight excluding hydrogens is 418 g/mol. The topological polar surface area (TPSA) is 97.3 Å². The maximum Gasteiger partial charge on any atom is 0.338 e. The van der Waals surface area contributed by atoms with E-state index in [-0.39, 0.29) is 18.2 Å². The van der Waals surface area contributed by atoms with Crippen LogP contribution in [0.15, 0.2) is 53.5 Å². The number of methoxy groups -OCH3 is 1. The maximum absolute atomic E-state index is 12.6. The number of thioether (sulfide) groups is 1. The molecule has 8 nitrogen and oxygen atoms in total. The SMILES string of the molecule is CCOC(=O)c1ccc(NC(=O)C[C@H]2SC(=Nc3cccc(OC)c3)N(C)C2=O)cc1. The predicted molar refractivity (Wildman–Crippen MR) is 120 cm³/mol. The van der Waals surface area contributed by atoms with Gasteiger partial charge in [0.1, 0.15) is 11.0 Å². The first kappa shape index (κ1) is 22.4. The van der Waals surface area contributed by atoms with E-state index in [1.807, 2.05) is 18.2 Å². The lowest BCUT2D eigenvalue weighted by Gasteiger charge is -2.10. The fourth-order valence-electron chi connectivity index (χ4n) is 2.87. The van der Waals surface area contributed by atoms with Crippen molar-refractivity contribution in [1.29, 1.82) is 0 Å². The van der Waals surface area contributed by atoms with E-state index in [1.54, 1.807) is 51.4 Å². The molecule has 1 aliphatic heterocycles. The van der Waals surface area contributed by atoms with E-state index < -0.39 is 11.2 Å². The number of nitrogens with one attached hydrogen (secondary N) is 1. The number of carbonyl (C=O) groups excluding carboxylic acids is 3. The van der Waals surface area contributed by atoms with E-state index >= 15 is 0 Å². The molecule has 1 fully saturated rings. The molecule has 1 heterocycles. The van der Waals surface area contributed by atoms with Crippen LogP contribution in [0.3, 0.4) is 0 Å². The van der Waals surface area contributed by atoms with E-state index in [2.05, 4.69) is 10.3 Å². The van der Waals surface area contributed by atoms with Crippen molar-refractivity contribution in [2.75, 3.05) is 26.1 Å². The number of amides is 2. The Balaban J connectivity index is 1.62. The summed E-state index contributed by atoms with van der Waals surface area (Å²) >= 11 is 1.25. The fraction of sp³-hybridized carbons (Fsp3) is 0.273. The van der Waals surface area contributed by atoms with Gasteiger partial charge in [0.2, 0.25) is 11.8 Å². The second-order valence-corrected chi connectivity index (χ2v) is 7.82. The fourth-order valence-corrected chi connectivity index (χ4v) is 4.03. The quantitative estimate of drug-likeness (QED) is 0.661. The number of carbonyl (C=O) groups is 3. The molecule has 2 amide bonds. The highest BCUT2D eigenvalue weighted by molar-refractivity contribution is 8.15. The Kier molecular flexibility index (Phi) is 7.30. The Morgan fingerprint density at radius 3 is 2.61 bits per heavy atom. The summed E-state index contributed by atoms with van der Waals surface area (Å²) in [6.07, 6.45) is 0.00456. The van der Waals surface area contributed by atoms with Gasteiger partial charge in [0, 0.05) is 25.2 Å². The highest BCUT2D eigenvalue weighted by Gasteiger charge is 2.37. The van der Waals surface area contributed by atoms with Crippen molar-refractivity contribution in [2.24, 2.45) is 4.99 Å². The average Bonchev–Trinajstić information content (AvgIpc) is 3.02. The van der Waals surface area contributed by atoms with Gasteiger partial charge in [-0.15, -0.1) is 0 Å². The third-order valence-electron chi connectivity index (χ3n) is 4.47. The second kappa shape index (κ2) is 10.1. The van der Waals surface area contributed by atoms with Crippen LogP contribution < -0.4 is 10.1 Å². The monoisotopic (exact) mass is 441 g/mol. The Morgan fingerprint density at radius 2 is 1.94 bits per heavy atom. The van der Waals surface area contributed by atoms with Crippen LogP contribution in [0.2, 0.25) is 0 Å². The molecule has 1 N–H and O–H groups in total. The van der Waals surface area contributed by atoms with Gasteiger partial charge in [0.05, 0.1) is 25.0 Å². The second-order valence-electron chi connectivity index (χ2n) is 6.65. The lowest BCUT2D eigenvalue weighted by atomic mass is 10.2. The van der Waals surface area contributed by atoms with Gasteiger partial charge in [-0.3, -0.25) is 14.5 Å². The molecule has 2 aromatic carbocycles. The van der Waals surface area contributed by atoms with E-state index in [9.17, 15) is 14.4 Å². The minimum absolute atomic E-state index is 0.00456. The smallest absolute Gasteiger partial charge is 0.338 e. The van der Waals surface area contributed by atoms with Crippen LogP contribution in [0.1, 0.15) is 23.7 Å². The van der Waals surface area contributed by atoms with E-state index in [0.29, 0.717) is 34.5 Å². The largest absolute Gasteiger partial charge is 0.497 e. The molecule has 2 aromatic rings. The number of ether oxygens (including phenoxy) is 2. The van der Waals surface area contributed by atoms with E-state index in [4.69, 9.17) is 9.47 Å². The zero-order valence-electron chi connectivity index (χ0n) is 17.5. The third kappa shape index (κ3) is 5.64. The van der Waals surface area contributed by atoms with Gasteiger partial charge in [-0.1, -0.05) is 17.8 Å². The van der Waals surface area contributed by atoms with Crippen molar-refractivity contribution in [3.8, 4) is 5.75 Å². The molecule has 162 valence electrons. The molecule has 0 bridgehead atoms. The summed E-state index contributed by atoms with van der Waals surface area (Å²) in [7, 11) is 3.21.